The SMILES string of the molecule is CN=C(NCCCOC1CCCCC1)NCCc1csc(N2CCCC2)n1.I. The van der Waals surface area contributed by atoms with Crippen LogP contribution >= 0.6 is 35.3 Å². The van der Waals surface area contributed by atoms with Crippen LogP contribution in [0.3, 0.4) is 0 Å². The molecule has 28 heavy (non-hydrogen) atoms. The maximum absolute atomic E-state index is 5.97. The number of aromatic nitrogens is 1. The second kappa shape index (κ2) is 13.6. The molecule has 0 bridgehead atoms. The smallest absolute Gasteiger partial charge is 0.190 e. The van der Waals surface area contributed by atoms with E-state index in [0.29, 0.717) is 6.10 Å². The number of guanidine groups is 1. The average Bonchev–Trinajstić information content (AvgIpc) is 3.39. The number of ether oxygens (including phenoxy) is 1. The minimum absolute atomic E-state index is 0. The van der Waals surface area contributed by atoms with Crippen molar-refractivity contribution < 1.29 is 4.74 Å². The van der Waals surface area contributed by atoms with Crippen molar-refractivity contribution in [1.82, 2.24) is 15.6 Å². The fourth-order valence-electron chi connectivity index (χ4n) is 3.76. The van der Waals surface area contributed by atoms with Crippen molar-refractivity contribution >= 4 is 46.4 Å². The average molecular weight is 522 g/mol. The molecule has 2 heterocycles. The quantitative estimate of drug-likeness (QED) is 0.224. The number of nitrogens with one attached hydrogen (secondary N) is 2. The van der Waals surface area contributed by atoms with E-state index in [0.717, 1.165) is 51.6 Å². The van der Waals surface area contributed by atoms with Crippen LogP contribution < -0.4 is 15.5 Å². The number of rotatable bonds is 9. The molecular formula is C20H36IN5OS. The van der Waals surface area contributed by atoms with Gasteiger partial charge in [0.15, 0.2) is 11.1 Å². The van der Waals surface area contributed by atoms with E-state index in [1.807, 2.05) is 7.05 Å². The maximum Gasteiger partial charge on any atom is 0.190 e. The lowest BCUT2D eigenvalue weighted by molar-refractivity contribution is 0.0277. The summed E-state index contributed by atoms with van der Waals surface area (Å²) < 4.78 is 5.97. The van der Waals surface area contributed by atoms with Gasteiger partial charge in [-0.1, -0.05) is 19.3 Å². The number of nitrogens with zero attached hydrogens (tertiary/aromatic N) is 3. The summed E-state index contributed by atoms with van der Waals surface area (Å²) in [6.45, 7) is 4.90. The number of hydrogen-bond acceptors (Lipinski definition) is 5. The summed E-state index contributed by atoms with van der Waals surface area (Å²) in [6.07, 6.45) is 11.6. The third-order valence-electron chi connectivity index (χ3n) is 5.33. The zero-order chi connectivity index (χ0) is 18.7. The first kappa shape index (κ1) is 23.7. The molecule has 0 atom stereocenters. The van der Waals surface area contributed by atoms with Gasteiger partial charge in [-0.05, 0) is 32.1 Å². The van der Waals surface area contributed by atoms with Crippen molar-refractivity contribution in [2.45, 2.75) is 63.9 Å². The van der Waals surface area contributed by atoms with E-state index in [-0.39, 0.29) is 24.0 Å². The Labute approximate surface area is 190 Å². The first-order chi connectivity index (χ1) is 13.3. The zero-order valence-electron chi connectivity index (χ0n) is 17.1. The molecule has 0 spiro atoms. The van der Waals surface area contributed by atoms with E-state index in [4.69, 9.17) is 9.72 Å². The van der Waals surface area contributed by atoms with Crippen molar-refractivity contribution in [3.63, 3.8) is 0 Å². The first-order valence-corrected chi connectivity index (χ1v) is 11.5. The van der Waals surface area contributed by atoms with Gasteiger partial charge in [-0.15, -0.1) is 35.3 Å². The highest BCUT2D eigenvalue weighted by Gasteiger charge is 2.15. The lowest BCUT2D eigenvalue weighted by Crippen LogP contribution is -2.39. The highest BCUT2D eigenvalue weighted by Crippen LogP contribution is 2.24. The van der Waals surface area contributed by atoms with E-state index >= 15 is 0 Å². The van der Waals surface area contributed by atoms with Crippen LogP contribution in [0.1, 0.15) is 57.1 Å². The van der Waals surface area contributed by atoms with Crippen molar-refractivity contribution in [2.24, 2.45) is 4.99 Å². The Balaban J connectivity index is 0.00000280. The predicted octanol–water partition coefficient (Wildman–Crippen LogP) is 3.81. The Hall–Kier alpha value is -0.610. The summed E-state index contributed by atoms with van der Waals surface area (Å²) in [5, 5.41) is 10.1. The van der Waals surface area contributed by atoms with Crippen LogP contribution in [0.15, 0.2) is 10.4 Å². The zero-order valence-corrected chi connectivity index (χ0v) is 20.3. The van der Waals surface area contributed by atoms with Gasteiger partial charge in [0.2, 0.25) is 0 Å². The van der Waals surface area contributed by atoms with Crippen LogP contribution in [0.25, 0.3) is 0 Å². The fraction of sp³-hybridized carbons (Fsp3) is 0.800. The number of aliphatic imine (C=N–C) groups is 1. The predicted molar refractivity (Wildman–Crippen MR) is 129 cm³/mol. The summed E-state index contributed by atoms with van der Waals surface area (Å²) in [5.41, 5.74) is 1.17. The molecule has 8 heteroatoms. The third kappa shape index (κ3) is 8.02. The van der Waals surface area contributed by atoms with Crippen molar-refractivity contribution in [2.75, 3.05) is 44.7 Å². The molecule has 1 aliphatic heterocycles. The molecule has 2 fully saturated rings. The second-order valence-corrected chi connectivity index (χ2v) is 8.31. The van der Waals surface area contributed by atoms with E-state index in [1.54, 1.807) is 11.3 Å². The van der Waals surface area contributed by atoms with Crippen LogP contribution in [0.5, 0.6) is 0 Å². The minimum atomic E-state index is 0. The Morgan fingerprint density at radius 2 is 1.93 bits per heavy atom. The Bertz CT molecular complexity index is 571. The van der Waals surface area contributed by atoms with E-state index in [2.05, 4.69) is 25.9 Å². The molecule has 160 valence electrons. The monoisotopic (exact) mass is 521 g/mol. The van der Waals surface area contributed by atoms with Crippen molar-refractivity contribution in [3.05, 3.63) is 11.1 Å². The van der Waals surface area contributed by atoms with Crippen LogP contribution in [0, 0.1) is 0 Å². The summed E-state index contributed by atoms with van der Waals surface area (Å²) in [6, 6.07) is 0. The molecule has 3 rings (SSSR count). The molecule has 0 amide bonds. The molecule has 0 aromatic carbocycles. The summed E-state index contributed by atoms with van der Waals surface area (Å²) in [7, 11) is 1.82. The Morgan fingerprint density at radius 1 is 1.18 bits per heavy atom. The maximum atomic E-state index is 5.97. The fourth-order valence-corrected chi connectivity index (χ4v) is 4.67. The Kier molecular flexibility index (Phi) is 11.5. The molecule has 1 saturated carbocycles. The van der Waals surface area contributed by atoms with Gasteiger partial charge in [0.05, 0.1) is 11.8 Å². The number of anilines is 1. The van der Waals surface area contributed by atoms with Gasteiger partial charge in [-0.25, -0.2) is 4.98 Å². The number of hydrogen-bond donors (Lipinski definition) is 2. The molecule has 0 radical (unpaired) electrons. The van der Waals surface area contributed by atoms with Gasteiger partial charge in [0.25, 0.3) is 0 Å². The van der Waals surface area contributed by atoms with Gasteiger partial charge in [-0.2, -0.15) is 0 Å². The molecule has 2 N–H and O–H groups in total. The summed E-state index contributed by atoms with van der Waals surface area (Å²) in [4.78, 5) is 11.5. The van der Waals surface area contributed by atoms with Crippen LogP contribution in [-0.2, 0) is 11.2 Å². The second-order valence-electron chi connectivity index (χ2n) is 7.48. The van der Waals surface area contributed by atoms with Gasteiger partial charge in [-0.3, -0.25) is 4.99 Å². The number of halogens is 1. The minimum Gasteiger partial charge on any atom is -0.378 e. The standard InChI is InChI=1S/C20H35N5OS.HI/c1-21-19(22-11-7-15-26-18-8-3-2-4-9-18)23-12-10-17-16-27-20(24-17)25-13-5-6-14-25;/h16,18H,2-15H2,1H3,(H2,21,22,23);1H. The summed E-state index contributed by atoms with van der Waals surface area (Å²) in [5.74, 6) is 0.864. The molecule has 2 aliphatic rings. The van der Waals surface area contributed by atoms with Crippen molar-refractivity contribution in [1.29, 1.82) is 0 Å². The Morgan fingerprint density at radius 3 is 2.68 bits per heavy atom. The van der Waals surface area contributed by atoms with Crippen LogP contribution in [-0.4, -0.2) is 56.9 Å². The molecule has 1 aromatic rings. The lowest BCUT2D eigenvalue weighted by Gasteiger charge is -2.22. The molecule has 0 unspecified atom stereocenters. The van der Waals surface area contributed by atoms with Crippen molar-refractivity contribution in [3.8, 4) is 0 Å². The normalized spacial score (nSPS) is 18.2. The highest BCUT2D eigenvalue weighted by molar-refractivity contribution is 14.0. The van der Waals surface area contributed by atoms with Gasteiger partial charge in [0, 0.05) is 51.6 Å². The summed E-state index contributed by atoms with van der Waals surface area (Å²) >= 11 is 1.77. The molecule has 1 aliphatic carbocycles. The van der Waals surface area contributed by atoms with Gasteiger partial charge >= 0.3 is 0 Å². The van der Waals surface area contributed by atoms with E-state index in [1.165, 1.54) is 55.8 Å². The van der Waals surface area contributed by atoms with Gasteiger partial charge in [0.1, 0.15) is 0 Å². The highest BCUT2D eigenvalue weighted by atomic mass is 127. The first-order valence-electron chi connectivity index (χ1n) is 10.6. The van der Waals surface area contributed by atoms with Gasteiger partial charge < -0.3 is 20.3 Å². The molecule has 6 nitrogen and oxygen atoms in total. The molecule has 1 saturated heterocycles. The topological polar surface area (TPSA) is 61.8 Å². The van der Waals surface area contributed by atoms with Crippen LogP contribution in [0.4, 0.5) is 5.13 Å². The van der Waals surface area contributed by atoms with E-state index in [9.17, 15) is 0 Å². The van der Waals surface area contributed by atoms with Crippen LogP contribution in [0.2, 0.25) is 0 Å². The lowest BCUT2D eigenvalue weighted by atomic mass is 9.98. The molecular weight excluding hydrogens is 485 g/mol. The van der Waals surface area contributed by atoms with E-state index < -0.39 is 0 Å². The largest absolute Gasteiger partial charge is 0.378 e. The molecule has 1 aromatic heterocycles. The third-order valence-corrected chi connectivity index (χ3v) is 6.28. The number of thiazole rings is 1.